The SMILES string of the molecule is C=C1NC(=O)NC(=O)N1C(C)C. The molecule has 2 N–H and O–H groups in total. The summed E-state index contributed by atoms with van der Waals surface area (Å²) >= 11 is 0. The van der Waals surface area contributed by atoms with Gasteiger partial charge in [0.15, 0.2) is 0 Å². The minimum Gasteiger partial charge on any atom is -0.294 e. The van der Waals surface area contributed by atoms with Crippen molar-refractivity contribution in [1.82, 2.24) is 15.5 Å². The lowest BCUT2D eigenvalue weighted by Crippen LogP contribution is -2.57. The number of rotatable bonds is 1. The Kier molecular flexibility index (Phi) is 2.03. The molecule has 0 aromatic carbocycles. The molecule has 66 valence electrons. The summed E-state index contributed by atoms with van der Waals surface area (Å²) in [6, 6.07) is -0.973. The third kappa shape index (κ3) is 1.39. The average molecular weight is 169 g/mol. The van der Waals surface area contributed by atoms with Crippen molar-refractivity contribution in [2.45, 2.75) is 19.9 Å². The molecule has 0 saturated carbocycles. The fraction of sp³-hybridized carbons (Fsp3) is 0.429. The van der Waals surface area contributed by atoms with Crippen LogP contribution in [-0.4, -0.2) is 23.0 Å². The molecule has 0 aromatic heterocycles. The van der Waals surface area contributed by atoms with Crippen molar-refractivity contribution in [1.29, 1.82) is 0 Å². The lowest BCUT2D eigenvalue weighted by atomic mass is 10.3. The van der Waals surface area contributed by atoms with Crippen LogP contribution in [0.2, 0.25) is 0 Å². The summed E-state index contributed by atoms with van der Waals surface area (Å²) in [5.74, 6) is 0.318. The van der Waals surface area contributed by atoms with Gasteiger partial charge in [0.1, 0.15) is 5.82 Å². The molecular weight excluding hydrogens is 158 g/mol. The second-order valence-corrected chi connectivity index (χ2v) is 2.79. The highest BCUT2D eigenvalue weighted by atomic mass is 16.2. The maximum atomic E-state index is 11.1. The molecule has 1 heterocycles. The van der Waals surface area contributed by atoms with Gasteiger partial charge in [0.25, 0.3) is 0 Å². The monoisotopic (exact) mass is 169 g/mol. The smallest absolute Gasteiger partial charge is 0.294 e. The maximum Gasteiger partial charge on any atom is 0.331 e. The quantitative estimate of drug-likeness (QED) is 0.603. The molecule has 0 aromatic rings. The molecule has 5 nitrogen and oxygen atoms in total. The van der Waals surface area contributed by atoms with Crippen LogP contribution in [0.25, 0.3) is 0 Å². The summed E-state index contributed by atoms with van der Waals surface area (Å²) in [4.78, 5) is 23.2. The Morgan fingerprint density at radius 2 is 1.92 bits per heavy atom. The highest BCUT2D eigenvalue weighted by molar-refractivity contribution is 5.97. The van der Waals surface area contributed by atoms with Gasteiger partial charge in [0.05, 0.1) is 0 Å². The minimum absolute atomic E-state index is 0.0156. The molecule has 1 aliphatic rings. The van der Waals surface area contributed by atoms with Crippen molar-refractivity contribution in [3.63, 3.8) is 0 Å². The van der Waals surface area contributed by atoms with Gasteiger partial charge < -0.3 is 0 Å². The molecule has 0 spiro atoms. The van der Waals surface area contributed by atoms with Crippen LogP contribution in [0.5, 0.6) is 0 Å². The second-order valence-electron chi connectivity index (χ2n) is 2.79. The van der Waals surface area contributed by atoms with Crippen LogP contribution in [0.15, 0.2) is 12.4 Å². The lowest BCUT2D eigenvalue weighted by molar-refractivity contribution is 0.183. The number of carbonyl (C=O) groups is 2. The standard InChI is InChI=1S/C7H11N3O2/c1-4(2)10-5(3)8-6(11)9-7(10)12/h4H,3H2,1-2H3,(H2,8,9,11,12). The van der Waals surface area contributed by atoms with Crippen molar-refractivity contribution < 1.29 is 9.59 Å². The highest BCUT2D eigenvalue weighted by Gasteiger charge is 2.27. The van der Waals surface area contributed by atoms with Crippen molar-refractivity contribution in [3.05, 3.63) is 12.4 Å². The normalized spacial score (nSPS) is 17.9. The summed E-state index contributed by atoms with van der Waals surface area (Å²) < 4.78 is 0. The summed E-state index contributed by atoms with van der Waals surface area (Å²) in [5, 5.41) is 4.52. The van der Waals surface area contributed by atoms with E-state index in [-0.39, 0.29) is 6.04 Å². The molecule has 0 atom stereocenters. The molecule has 1 aliphatic heterocycles. The van der Waals surface area contributed by atoms with Crippen LogP contribution in [-0.2, 0) is 0 Å². The molecule has 0 unspecified atom stereocenters. The third-order valence-electron chi connectivity index (χ3n) is 1.50. The van der Waals surface area contributed by atoms with Crippen LogP contribution in [0.4, 0.5) is 9.59 Å². The number of hydrogen-bond donors (Lipinski definition) is 2. The van der Waals surface area contributed by atoms with Gasteiger partial charge in [-0.25, -0.2) is 9.59 Å². The fourth-order valence-electron chi connectivity index (χ4n) is 1.05. The van der Waals surface area contributed by atoms with Gasteiger partial charge in [-0.15, -0.1) is 0 Å². The van der Waals surface area contributed by atoms with Gasteiger partial charge in [-0.2, -0.15) is 0 Å². The first-order valence-corrected chi connectivity index (χ1v) is 3.62. The Morgan fingerprint density at radius 3 is 2.33 bits per heavy atom. The minimum atomic E-state index is -0.526. The Labute approximate surface area is 70.4 Å². The first kappa shape index (κ1) is 8.58. The number of amides is 4. The predicted octanol–water partition coefficient (Wildman–Crippen LogP) is 0.601. The van der Waals surface area contributed by atoms with Crippen LogP contribution in [0, 0.1) is 0 Å². The first-order valence-electron chi connectivity index (χ1n) is 3.62. The van der Waals surface area contributed by atoms with E-state index < -0.39 is 12.1 Å². The molecule has 4 amide bonds. The van der Waals surface area contributed by atoms with Gasteiger partial charge in [0, 0.05) is 6.04 Å². The van der Waals surface area contributed by atoms with E-state index in [1.165, 1.54) is 4.90 Å². The Morgan fingerprint density at radius 1 is 1.33 bits per heavy atom. The average Bonchev–Trinajstić information content (AvgIpc) is 1.82. The Balaban J connectivity index is 2.81. The van der Waals surface area contributed by atoms with Gasteiger partial charge in [-0.1, -0.05) is 6.58 Å². The van der Waals surface area contributed by atoms with Crippen LogP contribution in [0.1, 0.15) is 13.8 Å². The van der Waals surface area contributed by atoms with E-state index in [1.54, 1.807) is 0 Å². The second kappa shape index (κ2) is 2.84. The third-order valence-corrected chi connectivity index (χ3v) is 1.50. The summed E-state index contributed by atoms with van der Waals surface area (Å²) in [5.41, 5.74) is 0. The van der Waals surface area contributed by atoms with Crippen LogP contribution >= 0.6 is 0 Å². The lowest BCUT2D eigenvalue weighted by Gasteiger charge is -2.32. The molecule has 5 heteroatoms. The van der Waals surface area contributed by atoms with E-state index in [9.17, 15) is 9.59 Å². The van der Waals surface area contributed by atoms with E-state index >= 15 is 0 Å². The highest BCUT2D eigenvalue weighted by Crippen LogP contribution is 2.08. The van der Waals surface area contributed by atoms with E-state index in [4.69, 9.17) is 0 Å². The number of carbonyl (C=O) groups excluding carboxylic acids is 2. The molecular formula is C7H11N3O2. The zero-order valence-corrected chi connectivity index (χ0v) is 7.05. The molecule has 1 saturated heterocycles. The van der Waals surface area contributed by atoms with Crippen molar-refractivity contribution in [2.75, 3.05) is 0 Å². The molecule has 12 heavy (non-hydrogen) atoms. The Hall–Kier alpha value is -1.52. The van der Waals surface area contributed by atoms with Crippen molar-refractivity contribution >= 4 is 12.1 Å². The number of imide groups is 1. The van der Waals surface area contributed by atoms with E-state index in [2.05, 4.69) is 17.2 Å². The molecule has 1 fully saturated rings. The topological polar surface area (TPSA) is 61.4 Å². The fourth-order valence-corrected chi connectivity index (χ4v) is 1.05. The predicted molar refractivity (Wildman–Crippen MR) is 43.2 cm³/mol. The number of urea groups is 2. The van der Waals surface area contributed by atoms with Gasteiger partial charge in [-0.05, 0) is 13.8 Å². The van der Waals surface area contributed by atoms with E-state index in [0.717, 1.165) is 0 Å². The maximum absolute atomic E-state index is 11.1. The van der Waals surface area contributed by atoms with Gasteiger partial charge in [0.2, 0.25) is 0 Å². The summed E-state index contributed by atoms with van der Waals surface area (Å²) in [6.45, 7) is 7.22. The number of hydrogen-bond acceptors (Lipinski definition) is 2. The zero-order chi connectivity index (χ0) is 9.30. The molecule has 0 aliphatic carbocycles. The van der Waals surface area contributed by atoms with Gasteiger partial charge in [-0.3, -0.25) is 15.5 Å². The summed E-state index contributed by atoms with van der Waals surface area (Å²) in [6.07, 6.45) is 0. The molecule has 0 bridgehead atoms. The van der Waals surface area contributed by atoms with Crippen molar-refractivity contribution in [2.24, 2.45) is 0 Å². The zero-order valence-electron chi connectivity index (χ0n) is 7.05. The molecule has 1 rings (SSSR count). The van der Waals surface area contributed by atoms with Crippen LogP contribution in [0.3, 0.4) is 0 Å². The largest absolute Gasteiger partial charge is 0.331 e. The molecule has 0 radical (unpaired) electrons. The Bertz CT molecular complexity index is 227. The summed E-state index contributed by atoms with van der Waals surface area (Å²) in [7, 11) is 0. The number of nitrogens with one attached hydrogen (secondary N) is 2. The van der Waals surface area contributed by atoms with Gasteiger partial charge >= 0.3 is 12.1 Å². The number of nitrogens with zero attached hydrogens (tertiary/aromatic N) is 1. The van der Waals surface area contributed by atoms with Crippen LogP contribution < -0.4 is 10.6 Å². The first-order chi connectivity index (χ1) is 5.52. The van der Waals surface area contributed by atoms with E-state index in [1.807, 2.05) is 13.8 Å². The van der Waals surface area contributed by atoms with E-state index in [0.29, 0.717) is 5.82 Å². The van der Waals surface area contributed by atoms with Crippen molar-refractivity contribution in [3.8, 4) is 0 Å².